The minimum absolute atomic E-state index is 0.250. The summed E-state index contributed by atoms with van der Waals surface area (Å²) in [6.45, 7) is 5.27. The predicted molar refractivity (Wildman–Crippen MR) is 91.6 cm³/mol. The normalized spacial score (nSPS) is 14.6. The Morgan fingerprint density at radius 2 is 1.71 bits per heavy atom. The molecule has 0 bridgehead atoms. The van der Waals surface area contributed by atoms with Crippen molar-refractivity contribution < 1.29 is 4.74 Å². The first-order chi connectivity index (χ1) is 10.2. The van der Waals surface area contributed by atoms with Crippen molar-refractivity contribution in [2.24, 2.45) is 0 Å². The number of benzene rings is 2. The van der Waals surface area contributed by atoms with Crippen LogP contribution in [0.25, 0.3) is 0 Å². The molecule has 1 unspecified atom stereocenters. The van der Waals surface area contributed by atoms with E-state index in [1.807, 2.05) is 0 Å². The molecule has 0 fully saturated rings. The zero-order valence-corrected chi connectivity index (χ0v) is 14.2. The van der Waals surface area contributed by atoms with E-state index in [-0.39, 0.29) is 4.83 Å². The molecule has 0 N–H and O–H groups in total. The average molecular weight is 345 g/mol. The van der Waals surface area contributed by atoms with Crippen molar-refractivity contribution in [3.05, 3.63) is 64.2 Å². The minimum Gasteiger partial charge on any atom is -0.493 e. The van der Waals surface area contributed by atoms with E-state index in [1.165, 1.54) is 27.8 Å². The van der Waals surface area contributed by atoms with Gasteiger partial charge in [-0.25, -0.2) is 0 Å². The summed E-state index contributed by atoms with van der Waals surface area (Å²) in [7, 11) is 0. The molecule has 2 aromatic carbocycles. The molecule has 0 radical (unpaired) electrons. The lowest BCUT2D eigenvalue weighted by Gasteiger charge is -2.15. The van der Waals surface area contributed by atoms with Crippen LogP contribution in [0.15, 0.2) is 36.4 Å². The van der Waals surface area contributed by atoms with Crippen LogP contribution in [0.2, 0.25) is 0 Å². The van der Waals surface area contributed by atoms with Gasteiger partial charge in [-0.1, -0.05) is 60.1 Å². The molecule has 1 aliphatic heterocycles. The summed E-state index contributed by atoms with van der Waals surface area (Å²) >= 11 is 3.87. The number of rotatable bonds is 4. The molecule has 1 nitrogen and oxygen atoms in total. The van der Waals surface area contributed by atoms with Crippen LogP contribution in [0.5, 0.6) is 5.75 Å². The number of ether oxygens (including phenoxy) is 1. The molecule has 110 valence electrons. The molecule has 2 heteroatoms. The standard InChI is InChI=1S/C19H21BrO/c1-3-13-5-6-16(11-14(13)4-2)19(20)17-7-8-18-15(12-17)9-10-21-18/h5-8,11-12,19H,3-4,9-10H2,1-2H3. The quantitative estimate of drug-likeness (QED) is 0.690. The summed E-state index contributed by atoms with van der Waals surface area (Å²) in [4.78, 5) is 0.250. The lowest BCUT2D eigenvalue weighted by Crippen LogP contribution is -1.98. The smallest absolute Gasteiger partial charge is 0.122 e. The van der Waals surface area contributed by atoms with Crippen molar-refractivity contribution >= 4 is 15.9 Å². The summed E-state index contributed by atoms with van der Waals surface area (Å²) in [6, 6.07) is 13.4. The number of hydrogen-bond donors (Lipinski definition) is 0. The third-order valence-corrected chi connectivity index (χ3v) is 5.35. The van der Waals surface area contributed by atoms with E-state index in [2.05, 4.69) is 66.2 Å². The molecule has 0 aromatic heterocycles. The number of hydrogen-bond acceptors (Lipinski definition) is 1. The Balaban J connectivity index is 1.93. The van der Waals surface area contributed by atoms with E-state index in [0.717, 1.165) is 31.6 Å². The van der Waals surface area contributed by atoms with Crippen LogP contribution >= 0.6 is 15.9 Å². The van der Waals surface area contributed by atoms with Crippen LogP contribution in [0.3, 0.4) is 0 Å². The van der Waals surface area contributed by atoms with Crippen LogP contribution in [-0.4, -0.2) is 6.61 Å². The molecule has 21 heavy (non-hydrogen) atoms. The Morgan fingerprint density at radius 3 is 2.48 bits per heavy atom. The molecular weight excluding hydrogens is 324 g/mol. The molecule has 2 aromatic rings. The molecule has 0 saturated carbocycles. The molecule has 0 amide bonds. The average Bonchev–Trinajstić information content (AvgIpc) is 3.00. The third kappa shape index (κ3) is 2.87. The lowest BCUT2D eigenvalue weighted by molar-refractivity contribution is 0.357. The summed E-state index contributed by atoms with van der Waals surface area (Å²) in [5.74, 6) is 1.05. The Hall–Kier alpha value is -1.28. The summed E-state index contributed by atoms with van der Waals surface area (Å²) < 4.78 is 5.59. The fraction of sp³-hybridized carbons (Fsp3) is 0.368. The Labute approximate surface area is 135 Å². The van der Waals surface area contributed by atoms with Crippen LogP contribution in [0.1, 0.15) is 46.5 Å². The van der Waals surface area contributed by atoms with Crippen LogP contribution in [-0.2, 0) is 19.3 Å². The van der Waals surface area contributed by atoms with Crippen LogP contribution in [0.4, 0.5) is 0 Å². The maximum atomic E-state index is 5.59. The highest BCUT2D eigenvalue weighted by Crippen LogP contribution is 2.35. The fourth-order valence-corrected chi connectivity index (χ4v) is 3.60. The van der Waals surface area contributed by atoms with Gasteiger partial charge in [0, 0.05) is 6.42 Å². The maximum Gasteiger partial charge on any atom is 0.122 e. The number of fused-ring (bicyclic) bond motifs is 1. The van der Waals surface area contributed by atoms with E-state index in [9.17, 15) is 0 Å². The van der Waals surface area contributed by atoms with Crippen molar-refractivity contribution in [3.8, 4) is 5.75 Å². The van der Waals surface area contributed by atoms with Crippen molar-refractivity contribution in [1.29, 1.82) is 0 Å². The largest absolute Gasteiger partial charge is 0.493 e. The molecule has 0 spiro atoms. The second kappa shape index (κ2) is 6.23. The Kier molecular flexibility index (Phi) is 4.34. The van der Waals surface area contributed by atoms with Gasteiger partial charge in [0.1, 0.15) is 5.75 Å². The van der Waals surface area contributed by atoms with Crippen molar-refractivity contribution in [2.45, 2.75) is 37.9 Å². The van der Waals surface area contributed by atoms with E-state index in [4.69, 9.17) is 4.74 Å². The lowest BCUT2D eigenvalue weighted by atomic mass is 9.96. The number of halogens is 1. The van der Waals surface area contributed by atoms with Gasteiger partial charge in [-0.2, -0.15) is 0 Å². The first-order valence-electron chi connectivity index (χ1n) is 7.74. The van der Waals surface area contributed by atoms with E-state index >= 15 is 0 Å². The highest BCUT2D eigenvalue weighted by atomic mass is 79.9. The van der Waals surface area contributed by atoms with Gasteiger partial charge in [-0.05, 0) is 46.7 Å². The van der Waals surface area contributed by atoms with Crippen LogP contribution < -0.4 is 4.74 Å². The van der Waals surface area contributed by atoms with Gasteiger partial charge in [0.2, 0.25) is 0 Å². The number of alkyl halides is 1. The topological polar surface area (TPSA) is 9.23 Å². The Morgan fingerprint density at radius 1 is 1.00 bits per heavy atom. The highest BCUT2D eigenvalue weighted by molar-refractivity contribution is 9.09. The van der Waals surface area contributed by atoms with Gasteiger partial charge in [0.25, 0.3) is 0 Å². The van der Waals surface area contributed by atoms with E-state index in [0.29, 0.717) is 0 Å². The molecule has 1 aliphatic rings. The van der Waals surface area contributed by atoms with Gasteiger partial charge in [-0.15, -0.1) is 0 Å². The summed E-state index contributed by atoms with van der Waals surface area (Å²) in [6.07, 6.45) is 3.22. The van der Waals surface area contributed by atoms with Crippen molar-refractivity contribution in [2.75, 3.05) is 6.61 Å². The predicted octanol–water partition coefficient (Wildman–Crippen LogP) is 5.23. The van der Waals surface area contributed by atoms with Gasteiger partial charge in [-0.3, -0.25) is 0 Å². The molecule has 1 heterocycles. The van der Waals surface area contributed by atoms with Gasteiger partial charge < -0.3 is 4.74 Å². The van der Waals surface area contributed by atoms with Gasteiger partial charge >= 0.3 is 0 Å². The monoisotopic (exact) mass is 344 g/mol. The van der Waals surface area contributed by atoms with E-state index in [1.54, 1.807) is 0 Å². The molecular formula is C19H21BrO. The molecule has 0 saturated heterocycles. The van der Waals surface area contributed by atoms with Crippen LogP contribution in [0, 0.1) is 0 Å². The van der Waals surface area contributed by atoms with Gasteiger partial charge in [0.05, 0.1) is 11.4 Å². The summed E-state index contributed by atoms with van der Waals surface area (Å²) in [5, 5.41) is 0. The highest BCUT2D eigenvalue weighted by Gasteiger charge is 2.17. The summed E-state index contributed by atoms with van der Waals surface area (Å²) in [5.41, 5.74) is 6.90. The third-order valence-electron chi connectivity index (χ3n) is 4.29. The van der Waals surface area contributed by atoms with E-state index < -0.39 is 0 Å². The number of aryl methyl sites for hydroxylation is 2. The first-order valence-corrected chi connectivity index (χ1v) is 8.65. The first kappa shape index (κ1) is 14.6. The maximum absolute atomic E-state index is 5.59. The van der Waals surface area contributed by atoms with Crippen molar-refractivity contribution in [1.82, 2.24) is 0 Å². The zero-order chi connectivity index (χ0) is 14.8. The molecule has 0 aliphatic carbocycles. The van der Waals surface area contributed by atoms with Crippen molar-refractivity contribution in [3.63, 3.8) is 0 Å². The fourth-order valence-electron chi connectivity index (χ4n) is 3.03. The second-order valence-electron chi connectivity index (χ2n) is 5.56. The molecule has 1 atom stereocenters. The van der Waals surface area contributed by atoms with Gasteiger partial charge in [0.15, 0.2) is 0 Å². The zero-order valence-electron chi connectivity index (χ0n) is 12.7. The minimum atomic E-state index is 0.250. The molecule has 3 rings (SSSR count). The second-order valence-corrected chi connectivity index (χ2v) is 6.48. The SMILES string of the molecule is CCc1ccc(C(Br)c2ccc3c(c2)CCO3)cc1CC. The Bertz CT molecular complexity index is 648.